The molecule has 3 rings (SSSR count). The van der Waals surface area contributed by atoms with Crippen LogP contribution in [0.25, 0.3) is 0 Å². The van der Waals surface area contributed by atoms with Crippen LogP contribution in [-0.2, 0) is 22.6 Å². The number of aliphatic hydroxyl groups is 2. The number of amides is 2. The number of carbonyl (C=O) groups is 2. The van der Waals surface area contributed by atoms with Crippen LogP contribution in [0.4, 0.5) is 4.79 Å². The zero-order chi connectivity index (χ0) is 32.5. The van der Waals surface area contributed by atoms with Gasteiger partial charge < -0.3 is 30.3 Å². The van der Waals surface area contributed by atoms with E-state index in [-0.39, 0.29) is 12.5 Å². The van der Waals surface area contributed by atoms with Crippen LogP contribution in [0.3, 0.4) is 0 Å². The molecule has 45 heavy (non-hydrogen) atoms. The topological polar surface area (TPSA) is 117 Å². The van der Waals surface area contributed by atoms with E-state index in [2.05, 4.69) is 17.6 Å². The fourth-order valence-electron chi connectivity index (χ4n) is 5.18. The van der Waals surface area contributed by atoms with Gasteiger partial charge in [-0.2, -0.15) is 0 Å². The fourth-order valence-corrected chi connectivity index (χ4v) is 5.18. The second-order valence-corrected chi connectivity index (χ2v) is 11.9. The molecule has 3 aromatic rings. The van der Waals surface area contributed by atoms with Crippen molar-refractivity contribution in [3.63, 3.8) is 0 Å². The molecule has 0 aliphatic rings. The van der Waals surface area contributed by atoms with Crippen LogP contribution in [0.1, 0.15) is 88.5 Å². The average molecular weight is 619 g/mol. The molecule has 2 amide bonds. The van der Waals surface area contributed by atoms with Crippen molar-refractivity contribution in [2.24, 2.45) is 0 Å². The predicted octanol–water partition coefficient (Wildman–Crippen LogP) is 6.64. The second-order valence-electron chi connectivity index (χ2n) is 11.9. The maximum absolute atomic E-state index is 13.8. The lowest BCUT2D eigenvalue weighted by Crippen LogP contribution is -2.61. The molecule has 8 nitrogen and oxygen atoms in total. The molecule has 0 saturated heterocycles. The first kappa shape index (κ1) is 35.6. The molecule has 0 aliphatic heterocycles. The molecule has 4 unspecified atom stereocenters. The monoisotopic (exact) mass is 618 g/mol. The molecule has 0 aliphatic carbocycles. The number of carbonyl (C=O) groups excluding carboxylic acids is 2. The number of hydrogen-bond acceptors (Lipinski definition) is 6. The van der Waals surface area contributed by atoms with E-state index in [1.807, 2.05) is 67.6 Å². The molecule has 0 saturated carbocycles. The van der Waals surface area contributed by atoms with Gasteiger partial charge in [0.05, 0.1) is 12.6 Å². The van der Waals surface area contributed by atoms with Crippen LogP contribution in [-0.4, -0.2) is 46.5 Å². The SMILES string of the molecule is CCCCCCCCC(C)OC(=O)NC(C)(Cc1ccc(OCc2ccccc2)cc1)C(=O)NC(CO)C(O)c1ccccc1. The zero-order valence-electron chi connectivity index (χ0n) is 26.9. The minimum atomic E-state index is -1.45. The van der Waals surface area contributed by atoms with Gasteiger partial charge in [-0.25, -0.2) is 4.79 Å². The normalized spacial score (nSPS) is 14.4. The highest BCUT2D eigenvalue weighted by molar-refractivity contribution is 5.90. The number of rotatable bonds is 19. The fraction of sp³-hybridized carbons (Fsp3) is 0.459. The minimum Gasteiger partial charge on any atom is -0.489 e. The van der Waals surface area contributed by atoms with Gasteiger partial charge in [-0.15, -0.1) is 0 Å². The Bertz CT molecular complexity index is 1270. The summed E-state index contributed by atoms with van der Waals surface area (Å²) < 4.78 is 11.6. The maximum Gasteiger partial charge on any atom is 0.408 e. The number of aliphatic hydroxyl groups excluding tert-OH is 2. The van der Waals surface area contributed by atoms with E-state index in [1.54, 1.807) is 31.2 Å². The van der Waals surface area contributed by atoms with Gasteiger partial charge in [0.1, 0.15) is 30.1 Å². The first-order chi connectivity index (χ1) is 21.7. The smallest absolute Gasteiger partial charge is 0.408 e. The van der Waals surface area contributed by atoms with Crippen molar-refractivity contribution in [1.29, 1.82) is 0 Å². The maximum atomic E-state index is 13.8. The van der Waals surface area contributed by atoms with Crippen molar-refractivity contribution < 1.29 is 29.3 Å². The van der Waals surface area contributed by atoms with Crippen molar-refractivity contribution in [2.75, 3.05) is 6.61 Å². The highest BCUT2D eigenvalue weighted by Gasteiger charge is 2.38. The minimum absolute atomic E-state index is 0.137. The lowest BCUT2D eigenvalue weighted by Gasteiger charge is -2.33. The van der Waals surface area contributed by atoms with Crippen LogP contribution in [0.5, 0.6) is 5.75 Å². The summed E-state index contributed by atoms with van der Waals surface area (Å²) in [6, 6.07) is 25.0. The van der Waals surface area contributed by atoms with Crippen LogP contribution < -0.4 is 15.4 Å². The van der Waals surface area contributed by atoms with E-state index in [0.717, 1.165) is 30.4 Å². The second kappa shape index (κ2) is 18.8. The van der Waals surface area contributed by atoms with Gasteiger partial charge in [0.25, 0.3) is 0 Å². The summed E-state index contributed by atoms with van der Waals surface area (Å²) in [4.78, 5) is 26.9. The molecule has 4 atom stereocenters. The molecule has 0 radical (unpaired) electrons. The van der Waals surface area contributed by atoms with Gasteiger partial charge in [-0.1, -0.05) is 112 Å². The van der Waals surface area contributed by atoms with E-state index in [4.69, 9.17) is 9.47 Å². The predicted molar refractivity (Wildman–Crippen MR) is 177 cm³/mol. The number of benzene rings is 3. The standard InChI is InChI=1S/C37H50N2O6/c1-4-5-6-7-8-11-16-28(2)45-36(43)39-37(3,35(42)38-33(26-40)34(41)31-19-14-10-15-20-31)25-29-21-23-32(24-22-29)44-27-30-17-12-9-13-18-30/h9-10,12-15,17-24,28,33-34,40-41H,4-8,11,16,25-27H2,1-3H3,(H,38,42)(H,39,43). The number of ether oxygens (including phenoxy) is 2. The van der Waals surface area contributed by atoms with Crippen LogP contribution in [0.15, 0.2) is 84.9 Å². The molecule has 3 aromatic carbocycles. The van der Waals surface area contributed by atoms with Crippen molar-refractivity contribution >= 4 is 12.0 Å². The van der Waals surface area contributed by atoms with Gasteiger partial charge in [0, 0.05) is 6.42 Å². The Morgan fingerprint density at radius 1 is 0.844 bits per heavy atom. The Morgan fingerprint density at radius 2 is 1.47 bits per heavy atom. The van der Waals surface area contributed by atoms with E-state index >= 15 is 0 Å². The highest BCUT2D eigenvalue weighted by atomic mass is 16.6. The Balaban J connectivity index is 1.69. The Morgan fingerprint density at radius 3 is 2.11 bits per heavy atom. The average Bonchev–Trinajstić information content (AvgIpc) is 3.05. The Kier molecular flexibility index (Phi) is 14.9. The molecule has 0 spiro atoms. The lowest BCUT2D eigenvalue weighted by molar-refractivity contribution is -0.129. The molecule has 4 N–H and O–H groups in total. The summed E-state index contributed by atoms with van der Waals surface area (Å²) >= 11 is 0. The van der Waals surface area contributed by atoms with Crippen LogP contribution in [0, 0.1) is 0 Å². The first-order valence-electron chi connectivity index (χ1n) is 16.1. The van der Waals surface area contributed by atoms with Gasteiger partial charge in [0.15, 0.2) is 0 Å². The van der Waals surface area contributed by atoms with E-state index in [0.29, 0.717) is 17.9 Å². The lowest BCUT2D eigenvalue weighted by atomic mass is 9.91. The Hall–Kier alpha value is -3.88. The zero-order valence-corrected chi connectivity index (χ0v) is 26.9. The molecule has 0 aromatic heterocycles. The van der Waals surface area contributed by atoms with E-state index < -0.39 is 36.3 Å². The Labute approximate surface area is 268 Å². The number of hydrogen-bond donors (Lipinski definition) is 4. The third-order valence-electron chi connectivity index (χ3n) is 7.92. The van der Waals surface area contributed by atoms with E-state index in [9.17, 15) is 19.8 Å². The molecule has 244 valence electrons. The summed E-state index contributed by atoms with van der Waals surface area (Å²) in [5, 5.41) is 26.5. The highest BCUT2D eigenvalue weighted by Crippen LogP contribution is 2.22. The first-order valence-corrected chi connectivity index (χ1v) is 16.1. The van der Waals surface area contributed by atoms with Crippen molar-refractivity contribution in [1.82, 2.24) is 10.6 Å². The molecule has 8 heteroatoms. The third kappa shape index (κ3) is 12.2. The molecule has 0 fully saturated rings. The van der Waals surface area contributed by atoms with Crippen molar-refractivity contribution in [2.45, 2.75) is 103 Å². The number of nitrogens with one attached hydrogen (secondary N) is 2. The van der Waals surface area contributed by atoms with Gasteiger partial charge in [-0.3, -0.25) is 4.79 Å². The summed E-state index contributed by atoms with van der Waals surface area (Å²) in [6.45, 7) is 5.59. The summed E-state index contributed by atoms with van der Waals surface area (Å²) in [5.74, 6) is 0.123. The molecular formula is C37H50N2O6. The van der Waals surface area contributed by atoms with Crippen molar-refractivity contribution in [3.05, 3.63) is 102 Å². The van der Waals surface area contributed by atoms with Crippen LogP contribution in [0.2, 0.25) is 0 Å². The molecule has 0 bridgehead atoms. The number of unbranched alkanes of at least 4 members (excludes halogenated alkanes) is 5. The largest absolute Gasteiger partial charge is 0.489 e. The summed E-state index contributed by atoms with van der Waals surface area (Å²) in [7, 11) is 0. The molecule has 0 heterocycles. The van der Waals surface area contributed by atoms with Gasteiger partial charge in [-0.05, 0) is 55.5 Å². The molecular weight excluding hydrogens is 568 g/mol. The quantitative estimate of drug-likeness (QED) is 0.112. The summed E-state index contributed by atoms with van der Waals surface area (Å²) in [5.41, 5.74) is 0.938. The summed E-state index contributed by atoms with van der Waals surface area (Å²) in [6.07, 6.45) is 5.59. The van der Waals surface area contributed by atoms with Crippen molar-refractivity contribution in [3.8, 4) is 5.75 Å². The third-order valence-corrected chi connectivity index (χ3v) is 7.92. The van der Waals surface area contributed by atoms with E-state index in [1.165, 1.54) is 25.7 Å². The van der Waals surface area contributed by atoms with Gasteiger partial charge in [0.2, 0.25) is 5.91 Å². The van der Waals surface area contributed by atoms with Crippen LogP contribution >= 0.6 is 0 Å². The number of alkyl carbamates (subject to hydrolysis) is 1. The van der Waals surface area contributed by atoms with Gasteiger partial charge >= 0.3 is 6.09 Å².